The number of fused-ring (bicyclic) bond motifs is 1. The van der Waals surface area contributed by atoms with Crippen molar-refractivity contribution in [1.82, 2.24) is 24.8 Å². The number of nitrogens with one attached hydrogen (secondary N) is 2. The number of aromatic amines is 1. The molecule has 3 aromatic rings. The molecule has 0 unspecified atom stereocenters. The second kappa shape index (κ2) is 10.5. The number of rotatable bonds is 8. The molecule has 182 valence electrons. The lowest BCUT2D eigenvalue weighted by Gasteiger charge is -2.36. The number of hydrogen-bond donors (Lipinski definition) is 2. The molecule has 2 aliphatic rings. The summed E-state index contributed by atoms with van der Waals surface area (Å²) in [6.07, 6.45) is 2.78. The van der Waals surface area contributed by atoms with Gasteiger partial charge in [-0.15, -0.1) is 0 Å². The summed E-state index contributed by atoms with van der Waals surface area (Å²) in [6.45, 7) is 11.0. The summed E-state index contributed by atoms with van der Waals surface area (Å²) in [5.41, 5.74) is 4.73. The molecule has 2 aliphatic heterocycles. The standard InChI is InChI=1S/C25H34ClN7O/c1-3-34-15-14-32-10-12-33(13-11-32)20-6-4-18(5-7-20)24-29-23-22(21(26)16-27-25(23)30-24)28-19-8-9-31(2)17-19/h4-7,16,19H,3,8-15,17H2,1-2H3,(H2,27,28,29,30)/t19-/m0/s1. The number of aromatic nitrogens is 3. The molecule has 2 aromatic heterocycles. The van der Waals surface area contributed by atoms with E-state index in [1.165, 1.54) is 5.69 Å². The minimum absolute atomic E-state index is 0.374. The molecule has 0 aliphatic carbocycles. The van der Waals surface area contributed by atoms with E-state index in [0.29, 0.717) is 16.7 Å². The molecule has 34 heavy (non-hydrogen) atoms. The van der Waals surface area contributed by atoms with Crippen LogP contribution in [0.1, 0.15) is 13.3 Å². The molecule has 0 saturated carbocycles. The van der Waals surface area contributed by atoms with Gasteiger partial charge in [0, 0.05) is 63.2 Å². The maximum Gasteiger partial charge on any atom is 0.180 e. The van der Waals surface area contributed by atoms with Crippen molar-refractivity contribution in [2.45, 2.75) is 19.4 Å². The molecule has 4 heterocycles. The highest BCUT2D eigenvalue weighted by molar-refractivity contribution is 6.34. The summed E-state index contributed by atoms with van der Waals surface area (Å²) in [6, 6.07) is 9.02. The number of likely N-dealkylation sites (tertiary alicyclic amines) is 1. The van der Waals surface area contributed by atoms with Crippen LogP contribution in [0.25, 0.3) is 22.6 Å². The van der Waals surface area contributed by atoms with Gasteiger partial charge in [-0.3, -0.25) is 4.90 Å². The fourth-order valence-electron chi connectivity index (χ4n) is 4.87. The zero-order chi connectivity index (χ0) is 23.5. The van der Waals surface area contributed by atoms with E-state index in [9.17, 15) is 0 Å². The van der Waals surface area contributed by atoms with Gasteiger partial charge in [0.05, 0.1) is 23.5 Å². The van der Waals surface area contributed by atoms with Crippen LogP contribution < -0.4 is 10.2 Å². The zero-order valence-electron chi connectivity index (χ0n) is 20.1. The summed E-state index contributed by atoms with van der Waals surface area (Å²) < 4.78 is 5.49. The monoisotopic (exact) mass is 483 g/mol. The number of benzene rings is 1. The number of piperazine rings is 1. The van der Waals surface area contributed by atoms with Gasteiger partial charge in [0.15, 0.2) is 5.65 Å². The van der Waals surface area contributed by atoms with E-state index < -0.39 is 0 Å². The third kappa shape index (κ3) is 5.15. The highest BCUT2D eigenvalue weighted by Gasteiger charge is 2.22. The Morgan fingerprint density at radius 2 is 1.94 bits per heavy atom. The average Bonchev–Trinajstić information content (AvgIpc) is 3.48. The number of hydrogen-bond acceptors (Lipinski definition) is 7. The third-order valence-corrected chi connectivity index (χ3v) is 7.13. The van der Waals surface area contributed by atoms with Crippen molar-refractivity contribution in [2.24, 2.45) is 0 Å². The van der Waals surface area contributed by atoms with Gasteiger partial charge in [-0.1, -0.05) is 11.6 Å². The first kappa shape index (κ1) is 23.4. The predicted molar refractivity (Wildman–Crippen MR) is 139 cm³/mol. The highest BCUT2D eigenvalue weighted by atomic mass is 35.5. The van der Waals surface area contributed by atoms with Crippen molar-refractivity contribution in [1.29, 1.82) is 0 Å². The van der Waals surface area contributed by atoms with Crippen molar-refractivity contribution in [3.05, 3.63) is 35.5 Å². The number of ether oxygens (including phenoxy) is 1. The maximum atomic E-state index is 6.52. The molecule has 8 nitrogen and oxygen atoms in total. The first-order chi connectivity index (χ1) is 16.6. The smallest absolute Gasteiger partial charge is 0.180 e. The van der Waals surface area contributed by atoms with Crippen LogP contribution in [0.4, 0.5) is 11.4 Å². The highest BCUT2D eigenvalue weighted by Crippen LogP contribution is 2.32. The van der Waals surface area contributed by atoms with Crippen molar-refractivity contribution in [3.8, 4) is 11.4 Å². The van der Waals surface area contributed by atoms with E-state index >= 15 is 0 Å². The SMILES string of the molecule is CCOCCN1CCN(c2ccc(-c3nc4ncc(Cl)c(N[C@H]5CCN(C)C5)c4[nH]3)cc2)CC1. The van der Waals surface area contributed by atoms with Gasteiger partial charge in [-0.05, 0) is 51.2 Å². The summed E-state index contributed by atoms with van der Waals surface area (Å²) in [5.74, 6) is 0.809. The molecule has 9 heteroatoms. The van der Waals surface area contributed by atoms with Gasteiger partial charge in [-0.2, -0.15) is 0 Å². The Morgan fingerprint density at radius 3 is 2.65 bits per heavy atom. The van der Waals surface area contributed by atoms with Gasteiger partial charge in [0.2, 0.25) is 0 Å². The Bertz CT molecular complexity index is 1090. The lowest BCUT2D eigenvalue weighted by Crippen LogP contribution is -2.47. The lowest BCUT2D eigenvalue weighted by atomic mass is 10.1. The van der Waals surface area contributed by atoms with E-state index in [2.05, 4.69) is 61.3 Å². The van der Waals surface area contributed by atoms with Crippen LogP contribution in [0.15, 0.2) is 30.5 Å². The van der Waals surface area contributed by atoms with Crippen LogP contribution in [-0.2, 0) is 4.74 Å². The fourth-order valence-corrected chi connectivity index (χ4v) is 5.06. The molecule has 2 fully saturated rings. The van der Waals surface area contributed by atoms with Crippen molar-refractivity contribution < 1.29 is 4.74 Å². The van der Waals surface area contributed by atoms with Gasteiger partial charge in [-0.25, -0.2) is 9.97 Å². The van der Waals surface area contributed by atoms with E-state index in [4.69, 9.17) is 21.3 Å². The second-order valence-electron chi connectivity index (χ2n) is 9.23. The van der Waals surface area contributed by atoms with E-state index in [1.807, 2.05) is 6.92 Å². The summed E-state index contributed by atoms with van der Waals surface area (Å²) in [4.78, 5) is 19.9. The number of imidazole rings is 1. The Hall–Kier alpha value is -2.39. The number of halogens is 1. The average molecular weight is 484 g/mol. The van der Waals surface area contributed by atoms with Gasteiger partial charge in [0.25, 0.3) is 0 Å². The van der Waals surface area contributed by atoms with E-state index in [-0.39, 0.29) is 0 Å². The molecule has 1 atom stereocenters. The lowest BCUT2D eigenvalue weighted by molar-refractivity contribution is 0.111. The van der Waals surface area contributed by atoms with Crippen LogP contribution in [0.5, 0.6) is 0 Å². The molecular weight excluding hydrogens is 450 g/mol. The first-order valence-corrected chi connectivity index (χ1v) is 12.6. The van der Waals surface area contributed by atoms with Crippen molar-refractivity contribution in [2.75, 3.05) is 76.3 Å². The topological polar surface area (TPSA) is 72.6 Å². The Labute approximate surface area is 206 Å². The Morgan fingerprint density at radius 1 is 1.15 bits per heavy atom. The zero-order valence-corrected chi connectivity index (χ0v) is 20.8. The molecule has 0 bridgehead atoms. The van der Waals surface area contributed by atoms with Gasteiger partial charge in [0.1, 0.15) is 11.3 Å². The number of anilines is 2. The summed E-state index contributed by atoms with van der Waals surface area (Å²) in [5, 5.41) is 4.23. The molecule has 1 aromatic carbocycles. The predicted octanol–water partition coefficient (Wildman–Crippen LogP) is 3.55. The minimum atomic E-state index is 0.374. The summed E-state index contributed by atoms with van der Waals surface area (Å²) in [7, 11) is 2.14. The third-order valence-electron chi connectivity index (χ3n) is 6.85. The number of pyridine rings is 1. The number of likely N-dealkylation sites (N-methyl/N-ethyl adjacent to an activating group) is 1. The van der Waals surface area contributed by atoms with Crippen LogP contribution in [-0.4, -0.2) is 96.9 Å². The van der Waals surface area contributed by atoms with E-state index in [0.717, 1.165) is 88.0 Å². The fraction of sp³-hybridized carbons (Fsp3) is 0.520. The molecule has 0 radical (unpaired) electrons. The quantitative estimate of drug-likeness (QED) is 0.474. The maximum absolute atomic E-state index is 6.52. The second-order valence-corrected chi connectivity index (χ2v) is 9.64. The van der Waals surface area contributed by atoms with Gasteiger partial charge >= 0.3 is 0 Å². The van der Waals surface area contributed by atoms with Crippen LogP contribution in [0.2, 0.25) is 5.02 Å². The van der Waals surface area contributed by atoms with Crippen LogP contribution >= 0.6 is 11.6 Å². The van der Waals surface area contributed by atoms with Crippen molar-refractivity contribution in [3.63, 3.8) is 0 Å². The molecule has 2 saturated heterocycles. The van der Waals surface area contributed by atoms with E-state index in [1.54, 1.807) is 6.20 Å². The Balaban J connectivity index is 1.28. The van der Waals surface area contributed by atoms with Gasteiger partial charge < -0.3 is 24.8 Å². The molecular formula is C25H34ClN7O. The number of nitrogens with zero attached hydrogens (tertiary/aromatic N) is 5. The minimum Gasteiger partial charge on any atom is -0.380 e. The van der Waals surface area contributed by atoms with Crippen molar-refractivity contribution >= 4 is 34.1 Å². The largest absolute Gasteiger partial charge is 0.380 e. The Kier molecular flexibility index (Phi) is 7.20. The number of H-pyrrole nitrogens is 1. The van der Waals surface area contributed by atoms with Crippen LogP contribution in [0.3, 0.4) is 0 Å². The molecule has 5 rings (SSSR count). The molecule has 0 amide bonds. The molecule has 0 spiro atoms. The van der Waals surface area contributed by atoms with Crippen LogP contribution in [0, 0.1) is 0 Å². The normalized spacial score (nSPS) is 19.9. The first-order valence-electron chi connectivity index (χ1n) is 12.3. The molecule has 2 N–H and O–H groups in total. The summed E-state index contributed by atoms with van der Waals surface area (Å²) >= 11 is 6.52.